The predicted molar refractivity (Wildman–Crippen MR) is 120 cm³/mol. The number of rotatable bonds is 6. The first kappa shape index (κ1) is 25.4. The molecule has 4 fully saturated rings. The fourth-order valence-corrected chi connectivity index (χ4v) is 6.65. The van der Waals surface area contributed by atoms with Gasteiger partial charge in [-0.15, -0.1) is 0 Å². The Morgan fingerprint density at radius 3 is 2.16 bits per heavy atom. The lowest BCUT2D eigenvalue weighted by molar-refractivity contribution is -0.193. The third-order valence-electron chi connectivity index (χ3n) is 7.80. The topological polar surface area (TPSA) is 19.0 Å². The summed E-state index contributed by atoms with van der Waals surface area (Å²) in [6.45, 7) is 3.59. The zero-order valence-electron chi connectivity index (χ0n) is 19.6. The van der Waals surface area contributed by atoms with Gasteiger partial charge in [0.2, 0.25) is 0 Å². The van der Waals surface area contributed by atoms with E-state index in [1.54, 1.807) is 11.9 Å². The van der Waals surface area contributed by atoms with Crippen LogP contribution < -0.4 is 0 Å². The number of benzene rings is 2. The normalized spacial score (nSPS) is 26.7. The van der Waals surface area contributed by atoms with Crippen molar-refractivity contribution in [3.8, 4) is 11.1 Å². The molecule has 1 atom stereocenters. The molecule has 1 spiro atoms. The summed E-state index contributed by atoms with van der Waals surface area (Å²) in [5, 5.41) is 0. The molecule has 1 aliphatic carbocycles. The van der Waals surface area contributed by atoms with Crippen LogP contribution in [0.3, 0.4) is 0 Å². The van der Waals surface area contributed by atoms with Gasteiger partial charge >= 0.3 is 12.3 Å². The average molecular weight is 551 g/mol. The first-order valence-corrected chi connectivity index (χ1v) is 13.0. The molecule has 1 saturated carbocycles. The highest BCUT2D eigenvalue weighted by Gasteiger charge is 2.88. The summed E-state index contributed by atoms with van der Waals surface area (Å²) in [5.41, 5.74) is -5.67. The summed E-state index contributed by atoms with van der Waals surface area (Å²) in [5.74, 6) is -3.29. The average Bonchev–Trinajstić information content (AvgIpc) is 3.67. The second-order valence-electron chi connectivity index (χ2n) is 10.5. The summed E-state index contributed by atoms with van der Waals surface area (Å²) in [7, 11) is 0. The molecule has 3 aliphatic heterocycles. The molecule has 2 aromatic rings. The highest BCUT2D eigenvalue weighted by Crippen LogP contribution is 2.66. The van der Waals surface area contributed by atoms with Crippen LogP contribution in [0.25, 0.3) is 11.1 Å². The zero-order valence-corrected chi connectivity index (χ0v) is 20.4. The third-order valence-corrected chi connectivity index (χ3v) is 8.58. The van der Waals surface area contributed by atoms with E-state index in [1.807, 2.05) is 11.2 Å². The van der Waals surface area contributed by atoms with Crippen molar-refractivity contribution in [3.63, 3.8) is 0 Å². The monoisotopic (exact) mass is 550 g/mol. The molecule has 0 N–H and O–H groups in total. The molecule has 6 rings (SSSR count). The molecule has 0 radical (unpaired) electrons. The van der Waals surface area contributed by atoms with E-state index in [-0.39, 0.29) is 40.6 Å². The molecule has 2 aromatic carbocycles. The number of halogens is 8. The molecule has 0 aromatic heterocycles. The van der Waals surface area contributed by atoms with Gasteiger partial charge in [-0.05, 0) is 37.1 Å². The fraction of sp³-hybridized carbons (Fsp3) is 0.520. The maximum Gasteiger partial charge on any atom is 0.430 e. The van der Waals surface area contributed by atoms with E-state index in [1.165, 1.54) is 0 Å². The van der Waals surface area contributed by atoms with Gasteiger partial charge in [0, 0.05) is 66.0 Å². The number of alkyl halides is 5. The van der Waals surface area contributed by atoms with E-state index in [9.17, 15) is 22.0 Å². The van der Waals surface area contributed by atoms with Crippen LogP contribution in [0.2, 0.25) is 0 Å². The van der Waals surface area contributed by atoms with Crippen molar-refractivity contribution in [1.82, 2.24) is 9.21 Å². The van der Waals surface area contributed by atoms with Gasteiger partial charge in [-0.1, -0.05) is 24.1 Å². The zero-order chi connectivity index (χ0) is 26.5. The number of ether oxygens (including phenoxy) is 1. The molecule has 3 saturated heterocycles. The maximum atomic E-state index is 15.7. The molecule has 3 heterocycles. The van der Waals surface area contributed by atoms with E-state index < -0.39 is 46.5 Å². The SMILES string of the molecule is CSN1CC2(CN(Cc3cc(F)c(-c4ccc(C5(C(F)(F)F)OC5(F)F)cc4F)c(C4CC4)c3F)C2)C1. The number of nitrogens with zero attached hydrogens (tertiary/aromatic N) is 2. The molecule has 0 amide bonds. The van der Waals surface area contributed by atoms with E-state index in [4.69, 9.17) is 0 Å². The van der Waals surface area contributed by atoms with Gasteiger partial charge in [0.05, 0.1) is 0 Å². The number of hydrogen-bond acceptors (Lipinski definition) is 4. The van der Waals surface area contributed by atoms with Gasteiger partial charge in [-0.2, -0.15) is 22.0 Å². The summed E-state index contributed by atoms with van der Waals surface area (Å²) >= 11 is 1.67. The second kappa shape index (κ2) is 8.06. The van der Waals surface area contributed by atoms with Crippen LogP contribution in [0, 0.1) is 22.9 Å². The van der Waals surface area contributed by atoms with E-state index in [0.717, 1.165) is 38.3 Å². The molecule has 4 aliphatic rings. The first-order valence-electron chi connectivity index (χ1n) is 11.8. The van der Waals surface area contributed by atoms with Gasteiger partial charge in [0.15, 0.2) is 0 Å². The van der Waals surface area contributed by atoms with Crippen LogP contribution in [0.1, 0.15) is 35.4 Å². The van der Waals surface area contributed by atoms with E-state index in [0.29, 0.717) is 18.9 Å². The number of epoxide rings is 1. The fourth-order valence-electron chi connectivity index (χ4n) is 5.85. The number of hydrogen-bond donors (Lipinski definition) is 0. The van der Waals surface area contributed by atoms with E-state index in [2.05, 4.69) is 9.04 Å². The minimum absolute atomic E-state index is 0.0207. The second-order valence-corrected chi connectivity index (χ2v) is 11.4. The Bertz CT molecular complexity index is 1270. The van der Waals surface area contributed by atoms with Crippen LogP contribution in [0.4, 0.5) is 35.1 Å². The molecule has 200 valence electrons. The van der Waals surface area contributed by atoms with Crippen LogP contribution in [0.5, 0.6) is 0 Å². The van der Waals surface area contributed by atoms with Gasteiger partial charge in [-0.25, -0.2) is 17.5 Å². The van der Waals surface area contributed by atoms with Gasteiger partial charge in [-0.3, -0.25) is 9.64 Å². The standard InChI is InChI=1S/C25H22F8N2OS/c1-37-35-11-22(12-35)9-34(10-22)8-14-6-18(27)20(19(21(14)28)13-2-3-13)16-5-4-15(7-17(16)26)23(24(29,30)31)25(32,33)36-23/h4-7,13H,2-3,8-12H2,1H3. The van der Waals surface area contributed by atoms with E-state index >= 15 is 13.2 Å². The highest BCUT2D eigenvalue weighted by atomic mass is 32.2. The van der Waals surface area contributed by atoms with Crippen LogP contribution >= 0.6 is 11.9 Å². The molecule has 0 bridgehead atoms. The van der Waals surface area contributed by atoms with Crippen molar-refractivity contribution < 1.29 is 39.9 Å². The Labute approximate surface area is 211 Å². The van der Waals surface area contributed by atoms with Crippen molar-refractivity contribution in [2.75, 3.05) is 32.4 Å². The minimum Gasteiger partial charge on any atom is -0.298 e. The summed E-state index contributed by atoms with van der Waals surface area (Å²) in [6, 6.07) is 2.68. The van der Waals surface area contributed by atoms with Crippen molar-refractivity contribution in [2.24, 2.45) is 5.41 Å². The molecule has 37 heavy (non-hydrogen) atoms. The largest absolute Gasteiger partial charge is 0.430 e. The van der Waals surface area contributed by atoms with Crippen molar-refractivity contribution in [3.05, 3.63) is 58.4 Å². The molecule has 12 heteroatoms. The number of likely N-dealkylation sites (tertiary alicyclic amines) is 1. The minimum atomic E-state index is -5.51. The molecular weight excluding hydrogens is 528 g/mol. The van der Waals surface area contributed by atoms with Crippen LogP contribution in [-0.4, -0.2) is 53.9 Å². The Morgan fingerprint density at radius 2 is 1.65 bits per heavy atom. The van der Waals surface area contributed by atoms with Gasteiger partial charge < -0.3 is 0 Å². The van der Waals surface area contributed by atoms with Crippen LogP contribution in [-0.2, 0) is 16.9 Å². The first-order chi connectivity index (χ1) is 17.3. The third kappa shape index (κ3) is 3.81. The van der Waals surface area contributed by atoms with Crippen LogP contribution in [0.15, 0.2) is 24.3 Å². The summed E-state index contributed by atoms with van der Waals surface area (Å²) < 4.78 is 119. The lowest BCUT2D eigenvalue weighted by Gasteiger charge is -2.59. The lowest BCUT2D eigenvalue weighted by Crippen LogP contribution is -2.70. The lowest BCUT2D eigenvalue weighted by atomic mass is 9.74. The quantitative estimate of drug-likeness (QED) is 0.235. The van der Waals surface area contributed by atoms with Crippen molar-refractivity contribution >= 4 is 11.9 Å². The Hall–Kier alpha value is -1.89. The van der Waals surface area contributed by atoms with Gasteiger partial charge in [0.25, 0.3) is 5.60 Å². The highest BCUT2D eigenvalue weighted by molar-refractivity contribution is 7.96. The molecule has 3 nitrogen and oxygen atoms in total. The predicted octanol–water partition coefficient (Wildman–Crippen LogP) is 6.42. The molecular formula is C25H22F8N2OS. The van der Waals surface area contributed by atoms with Gasteiger partial charge in [0.1, 0.15) is 17.5 Å². The Balaban J connectivity index is 1.31. The Morgan fingerprint density at radius 1 is 1.00 bits per heavy atom. The Kier molecular flexibility index (Phi) is 5.53. The maximum absolute atomic E-state index is 15.7. The summed E-state index contributed by atoms with van der Waals surface area (Å²) in [4.78, 5) is 2.02. The summed E-state index contributed by atoms with van der Waals surface area (Å²) in [6.07, 6.45) is -6.95. The van der Waals surface area contributed by atoms with Crippen molar-refractivity contribution in [1.29, 1.82) is 0 Å². The molecule has 1 unspecified atom stereocenters. The smallest absolute Gasteiger partial charge is 0.298 e. The van der Waals surface area contributed by atoms with Crippen molar-refractivity contribution in [2.45, 2.75) is 43.2 Å².